The van der Waals surface area contributed by atoms with Gasteiger partial charge in [0, 0.05) is 38.8 Å². The third kappa shape index (κ3) is 3.34. The summed E-state index contributed by atoms with van der Waals surface area (Å²) in [7, 11) is 0. The van der Waals surface area contributed by atoms with Crippen molar-refractivity contribution in [2.75, 3.05) is 32.7 Å². The molecule has 1 aliphatic rings. The third-order valence-electron chi connectivity index (χ3n) is 3.93. The van der Waals surface area contributed by atoms with E-state index in [1.54, 1.807) is 10.9 Å². The maximum atomic E-state index is 12.3. The minimum Gasteiger partial charge on any atom is -0.335 e. The van der Waals surface area contributed by atoms with E-state index in [1.165, 1.54) is 0 Å². The molecule has 1 aliphatic heterocycles. The van der Waals surface area contributed by atoms with Crippen LogP contribution in [0.3, 0.4) is 0 Å². The first-order valence-corrected chi connectivity index (χ1v) is 7.29. The average Bonchev–Trinajstić information content (AvgIpc) is 2.95. The van der Waals surface area contributed by atoms with Crippen molar-refractivity contribution in [2.45, 2.75) is 32.9 Å². The zero-order valence-electron chi connectivity index (χ0n) is 12.3. The molecule has 1 aromatic rings. The summed E-state index contributed by atoms with van der Waals surface area (Å²) in [5, 5.41) is 7.84. The molecule has 7 nitrogen and oxygen atoms in total. The van der Waals surface area contributed by atoms with Crippen LogP contribution in [0, 0.1) is 0 Å². The molecule has 0 aromatic carbocycles. The van der Waals surface area contributed by atoms with E-state index < -0.39 is 0 Å². The Morgan fingerprint density at radius 2 is 2.10 bits per heavy atom. The number of rotatable bonds is 5. The molecule has 2 N–H and O–H groups in total. The van der Waals surface area contributed by atoms with Crippen LogP contribution in [0.25, 0.3) is 0 Å². The van der Waals surface area contributed by atoms with Crippen molar-refractivity contribution in [3.05, 3.63) is 11.9 Å². The molecule has 1 atom stereocenters. The van der Waals surface area contributed by atoms with Crippen LogP contribution in [0.2, 0.25) is 0 Å². The van der Waals surface area contributed by atoms with E-state index in [-0.39, 0.29) is 5.91 Å². The normalized spacial score (nSPS) is 18.2. The van der Waals surface area contributed by atoms with E-state index in [9.17, 15) is 4.79 Å². The van der Waals surface area contributed by atoms with Crippen molar-refractivity contribution in [1.82, 2.24) is 24.8 Å². The molecule has 0 spiro atoms. The smallest absolute Gasteiger partial charge is 0.276 e. The Hall–Kier alpha value is -1.47. The molecule has 2 rings (SSSR count). The Labute approximate surface area is 119 Å². The number of hydrogen-bond acceptors (Lipinski definition) is 5. The maximum absolute atomic E-state index is 12.3. The lowest BCUT2D eigenvalue weighted by Gasteiger charge is -2.37. The highest BCUT2D eigenvalue weighted by molar-refractivity contribution is 5.92. The van der Waals surface area contributed by atoms with Crippen molar-refractivity contribution in [3.63, 3.8) is 0 Å². The van der Waals surface area contributed by atoms with Gasteiger partial charge >= 0.3 is 0 Å². The Morgan fingerprint density at radius 3 is 2.70 bits per heavy atom. The van der Waals surface area contributed by atoms with Gasteiger partial charge in [0.1, 0.15) is 0 Å². The summed E-state index contributed by atoms with van der Waals surface area (Å²) >= 11 is 0. The highest BCUT2D eigenvalue weighted by atomic mass is 16.2. The second-order valence-electron chi connectivity index (χ2n) is 5.24. The summed E-state index contributed by atoms with van der Waals surface area (Å²) in [6.07, 6.45) is 2.82. The van der Waals surface area contributed by atoms with E-state index in [0.717, 1.165) is 32.6 Å². The van der Waals surface area contributed by atoms with Crippen molar-refractivity contribution in [3.8, 4) is 0 Å². The van der Waals surface area contributed by atoms with Crippen LogP contribution in [0.5, 0.6) is 0 Å². The number of nitrogens with two attached hydrogens (primary N) is 1. The Bertz CT molecular complexity index is 438. The van der Waals surface area contributed by atoms with Gasteiger partial charge in [0.25, 0.3) is 5.91 Å². The van der Waals surface area contributed by atoms with Crippen molar-refractivity contribution in [1.29, 1.82) is 0 Å². The van der Waals surface area contributed by atoms with Crippen molar-refractivity contribution in [2.24, 2.45) is 5.73 Å². The first-order chi connectivity index (χ1) is 9.65. The minimum atomic E-state index is -0.0305. The number of piperazine rings is 1. The topological polar surface area (TPSA) is 80.3 Å². The van der Waals surface area contributed by atoms with E-state index in [2.05, 4.69) is 29.1 Å². The Morgan fingerprint density at radius 1 is 1.40 bits per heavy atom. The second kappa shape index (κ2) is 6.81. The standard InChI is InChI=1S/C13H24N6O/c1-3-11(2)17-6-8-18(9-7-17)13(20)12-10-19(5-4-14)16-15-12/h10-11H,3-9,14H2,1-2H3. The summed E-state index contributed by atoms with van der Waals surface area (Å²) in [6.45, 7) is 8.87. The van der Waals surface area contributed by atoms with Gasteiger partial charge in [-0.05, 0) is 13.3 Å². The van der Waals surface area contributed by atoms with Gasteiger partial charge in [-0.1, -0.05) is 12.1 Å². The number of nitrogens with zero attached hydrogens (tertiary/aromatic N) is 5. The molecule has 1 fully saturated rings. The molecule has 112 valence electrons. The van der Waals surface area contributed by atoms with Crippen LogP contribution < -0.4 is 5.73 Å². The van der Waals surface area contributed by atoms with E-state index >= 15 is 0 Å². The molecular formula is C13H24N6O. The average molecular weight is 280 g/mol. The van der Waals surface area contributed by atoms with Gasteiger partial charge in [-0.3, -0.25) is 14.4 Å². The first-order valence-electron chi connectivity index (χ1n) is 7.29. The Kier molecular flexibility index (Phi) is 5.08. The zero-order chi connectivity index (χ0) is 14.5. The molecule has 0 bridgehead atoms. The number of amides is 1. The largest absolute Gasteiger partial charge is 0.335 e. The summed E-state index contributed by atoms with van der Waals surface area (Å²) in [4.78, 5) is 16.6. The van der Waals surface area contributed by atoms with Crippen LogP contribution in [0.4, 0.5) is 0 Å². The number of aromatic nitrogens is 3. The molecule has 20 heavy (non-hydrogen) atoms. The van der Waals surface area contributed by atoms with Gasteiger partial charge in [-0.2, -0.15) is 0 Å². The minimum absolute atomic E-state index is 0.0305. The fraction of sp³-hybridized carbons (Fsp3) is 0.769. The van der Waals surface area contributed by atoms with Gasteiger partial charge in [0.15, 0.2) is 5.69 Å². The van der Waals surface area contributed by atoms with Gasteiger partial charge in [-0.25, -0.2) is 0 Å². The maximum Gasteiger partial charge on any atom is 0.276 e. The van der Waals surface area contributed by atoms with Gasteiger partial charge in [0.2, 0.25) is 0 Å². The van der Waals surface area contributed by atoms with Crippen LogP contribution in [-0.2, 0) is 6.54 Å². The number of hydrogen-bond donors (Lipinski definition) is 1. The zero-order valence-corrected chi connectivity index (χ0v) is 12.3. The molecule has 7 heteroatoms. The second-order valence-corrected chi connectivity index (χ2v) is 5.24. The van der Waals surface area contributed by atoms with E-state index in [1.807, 2.05) is 4.90 Å². The van der Waals surface area contributed by atoms with E-state index in [0.29, 0.717) is 24.8 Å². The third-order valence-corrected chi connectivity index (χ3v) is 3.93. The van der Waals surface area contributed by atoms with Crippen molar-refractivity contribution < 1.29 is 4.79 Å². The van der Waals surface area contributed by atoms with Crippen LogP contribution in [0.1, 0.15) is 30.8 Å². The lowest BCUT2D eigenvalue weighted by Crippen LogP contribution is -2.51. The molecule has 1 amide bonds. The molecule has 0 radical (unpaired) electrons. The molecular weight excluding hydrogens is 256 g/mol. The van der Waals surface area contributed by atoms with Crippen molar-refractivity contribution >= 4 is 5.91 Å². The van der Waals surface area contributed by atoms with E-state index in [4.69, 9.17) is 5.73 Å². The fourth-order valence-corrected chi connectivity index (χ4v) is 2.42. The quantitative estimate of drug-likeness (QED) is 0.807. The molecule has 2 heterocycles. The molecule has 1 aromatic heterocycles. The van der Waals surface area contributed by atoms with Crippen LogP contribution in [0.15, 0.2) is 6.20 Å². The monoisotopic (exact) mass is 280 g/mol. The van der Waals surface area contributed by atoms with Crippen LogP contribution >= 0.6 is 0 Å². The summed E-state index contributed by atoms with van der Waals surface area (Å²) < 4.78 is 1.61. The number of carbonyl (C=O) groups excluding carboxylic acids is 1. The molecule has 0 saturated carbocycles. The van der Waals surface area contributed by atoms with Gasteiger partial charge in [0.05, 0.1) is 12.7 Å². The van der Waals surface area contributed by atoms with Gasteiger partial charge in [-0.15, -0.1) is 5.10 Å². The first kappa shape index (κ1) is 14.9. The number of carbonyl (C=O) groups is 1. The fourth-order valence-electron chi connectivity index (χ4n) is 2.42. The summed E-state index contributed by atoms with van der Waals surface area (Å²) in [6, 6.07) is 0.581. The summed E-state index contributed by atoms with van der Waals surface area (Å²) in [5.41, 5.74) is 5.87. The molecule has 0 aliphatic carbocycles. The SMILES string of the molecule is CCC(C)N1CCN(C(=O)c2cn(CCN)nn2)CC1. The van der Waals surface area contributed by atoms with Gasteiger partial charge < -0.3 is 10.6 Å². The molecule has 1 saturated heterocycles. The lowest BCUT2D eigenvalue weighted by molar-refractivity contribution is 0.0574. The van der Waals surface area contributed by atoms with Crippen LogP contribution in [-0.4, -0.2) is 69.5 Å². The Balaban J connectivity index is 1.90. The lowest BCUT2D eigenvalue weighted by atomic mass is 10.2. The highest BCUT2D eigenvalue weighted by Gasteiger charge is 2.25. The predicted molar refractivity (Wildman–Crippen MR) is 76.3 cm³/mol. The summed E-state index contributed by atoms with van der Waals surface area (Å²) in [5.74, 6) is -0.0305. The molecule has 1 unspecified atom stereocenters. The predicted octanol–water partition coefficient (Wildman–Crippen LogP) is -0.207. The highest BCUT2D eigenvalue weighted by Crippen LogP contribution is 2.10.